The maximum absolute atomic E-state index is 8.35. The summed E-state index contributed by atoms with van der Waals surface area (Å²) >= 11 is 0. The second kappa shape index (κ2) is 2.78. The summed E-state index contributed by atoms with van der Waals surface area (Å²) in [5.41, 5.74) is 0.471. The van der Waals surface area contributed by atoms with Crippen LogP contribution >= 0.6 is 0 Å². The molecule has 0 aliphatic rings. The Hall–Kier alpha value is -1.63. The molecule has 10 heavy (non-hydrogen) atoms. The third kappa shape index (κ3) is 1.20. The van der Waals surface area contributed by atoms with Crippen molar-refractivity contribution >= 4 is 5.95 Å². The molecule has 0 spiro atoms. The summed E-state index contributed by atoms with van der Waals surface area (Å²) in [6.45, 7) is 0. The van der Waals surface area contributed by atoms with Crippen LogP contribution in [0.4, 0.5) is 5.95 Å². The molecular weight excluding hydrogens is 128 g/mol. The van der Waals surface area contributed by atoms with E-state index in [1.807, 2.05) is 6.07 Å². The van der Waals surface area contributed by atoms with Gasteiger partial charge in [-0.2, -0.15) is 5.26 Å². The van der Waals surface area contributed by atoms with Gasteiger partial charge in [0.15, 0.2) is 0 Å². The highest BCUT2D eigenvalue weighted by Gasteiger charge is 1.90. The van der Waals surface area contributed by atoms with Crippen molar-refractivity contribution in [1.29, 1.82) is 5.26 Å². The van der Waals surface area contributed by atoms with Gasteiger partial charge in [-0.15, -0.1) is 0 Å². The molecule has 50 valence electrons. The van der Waals surface area contributed by atoms with Crippen LogP contribution in [-0.2, 0) is 0 Å². The number of anilines is 1. The third-order valence-corrected chi connectivity index (χ3v) is 1.00. The van der Waals surface area contributed by atoms with E-state index in [0.29, 0.717) is 11.5 Å². The molecule has 0 aliphatic heterocycles. The standard InChI is InChI=1S/C6H6N4/c1-8-6-9-3-5(2-7)4-10-6/h3-4H,1H3,(H,8,9,10). The number of rotatable bonds is 1. The summed E-state index contributed by atoms with van der Waals surface area (Å²) < 4.78 is 0. The Kier molecular flexibility index (Phi) is 1.80. The normalized spacial score (nSPS) is 8.40. The van der Waals surface area contributed by atoms with Gasteiger partial charge in [0.25, 0.3) is 0 Å². The number of nitriles is 1. The summed E-state index contributed by atoms with van der Waals surface area (Å²) in [4.78, 5) is 7.65. The van der Waals surface area contributed by atoms with Crippen molar-refractivity contribution in [2.45, 2.75) is 0 Å². The highest BCUT2D eigenvalue weighted by Crippen LogP contribution is 1.95. The van der Waals surface area contributed by atoms with E-state index in [4.69, 9.17) is 5.26 Å². The SMILES string of the molecule is CNc1ncc(C#N)cn1. The Labute approximate surface area is 58.5 Å². The van der Waals surface area contributed by atoms with E-state index in [1.165, 1.54) is 12.4 Å². The van der Waals surface area contributed by atoms with Gasteiger partial charge in [0.1, 0.15) is 6.07 Å². The van der Waals surface area contributed by atoms with Gasteiger partial charge in [-0.1, -0.05) is 0 Å². The zero-order chi connectivity index (χ0) is 7.40. The van der Waals surface area contributed by atoms with Crippen LogP contribution in [0.25, 0.3) is 0 Å². The van der Waals surface area contributed by atoms with Crippen LogP contribution < -0.4 is 5.32 Å². The van der Waals surface area contributed by atoms with Gasteiger partial charge in [-0.25, -0.2) is 9.97 Å². The van der Waals surface area contributed by atoms with E-state index in [9.17, 15) is 0 Å². The van der Waals surface area contributed by atoms with E-state index in [-0.39, 0.29) is 0 Å². The minimum absolute atomic E-state index is 0.471. The lowest BCUT2D eigenvalue weighted by Gasteiger charge is -1.93. The van der Waals surface area contributed by atoms with Crippen LogP contribution in [0, 0.1) is 11.3 Å². The molecule has 1 aromatic heterocycles. The Balaban J connectivity index is 2.93. The molecule has 1 aromatic rings. The molecule has 4 heteroatoms. The van der Waals surface area contributed by atoms with Crippen LogP contribution in [0.1, 0.15) is 5.56 Å². The van der Waals surface area contributed by atoms with Gasteiger partial charge >= 0.3 is 0 Å². The molecule has 0 atom stereocenters. The Morgan fingerprint density at radius 1 is 1.50 bits per heavy atom. The summed E-state index contributed by atoms with van der Waals surface area (Å²) in [5, 5.41) is 11.1. The largest absolute Gasteiger partial charge is 0.357 e. The second-order valence-corrected chi connectivity index (χ2v) is 1.66. The first-order valence-corrected chi connectivity index (χ1v) is 2.76. The number of nitrogens with zero attached hydrogens (tertiary/aromatic N) is 3. The van der Waals surface area contributed by atoms with Crippen molar-refractivity contribution in [1.82, 2.24) is 9.97 Å². The lowest BCUT2D eigenvalue weighted by atomic mass is 10.4. The van der Waals surface area contributed by atoms with Crippen molar-refractivity contribution in [3.05, 3.63) is 18.0 Å². The summed E-state index contributed by atoms with van der Waals surface area (Å²) in [6, 6.07) is 1.93. The lowest BCUT2D eigenvalue weighted by Crippen LogP contribution is -1.94. The van der Waals surface area contributed by atoms with E-state index in [0.717, 1.165) is 0 Å². The Morgan fingerprint density at radius 3 is 2.50 bits per heavy atom. The van der Waals surface area contributed by atoms with E-state index < -0.39 is 0 Å². The monoisotopic (exact) mass is 134 g/mol. The molecule has 1 N–H and O–H groups in total. The van der Waals surface area contributed by atoms with E-state index >= 15 is 0 Å². The fourth-order valence-electron chi connectivity index (χ4n) is 0.515. The predicted octanol–water partition coefficient (Wildman–Crippen LogP) is 0.390. The maximum Gasteiger partial charge on any atom is 0.222 e. The molecule has 0 unspecified atom stereocenters. The van der Waals surface area contributed by atoms with Crippen molar-refractivity contribution in [2.24, 2.45) is 0 Å². The zero-order valence-electron chi connectivity index (χ0n) is 5.50. The minimum Gasteiger partial charge on any atom is -0.357 e. The predicted molar refractivity (Wildman–Crippen MR) is 36.3 cm³/mol. The van der Waals surface area contributed by atoms with Crippen molar-refractivity contribution in [3.63, 3.8) is 0 Å². The van der Waals surface area contributed by atoms with Crippen LogP contribution in [0.3, 0.4) is 0 Å². The average molecular weight is 134 g/mol. The molecule has 0 amide bonds. The van der Waals surface area contributed by atoms with Crippen LogP contribution in [0.5, 0.6) is 0 Å². The third-order valence-electron chi connectivity index (χ3n) is 1.00. The minimum atomic E-state index is 0.471. The Bertz CT molecular complexity index is 245. The first kappa shape index (κ1) is 6.49. The first-order chi connectivity index (χ1) is 4.86. The van der Waals surface area contributed by atoms with Gasteiger partial charge in [0.2, 0.25) is 5.95 Å². The molecule has 0 saturated heterocycles. The molecular formula is C6H6N4. The van der Waals surface area contributed by atoms with Gasteiger partial charge in [-0.05, 0) is 0 Å². The Morgan fingerprint density at radius 2 is 2.10 bits per heavy atom. The molecule has 0 aromatic carbocycles. The number of aromatic nitrogens is 2. The number of hydrogen-bond acceptors (Lipinski definition) is 4. The summed E-state index contributed by atoms with van der Waals surface area (Å²) in [7, 11) is 1.72. The van der Waals surface area contributed by atoms with E-state index in [1.54, 1.807) is 7.05 Å². The van der Waals surface area contributed by atoms with Gasteiger partial charge < -0.3 is 5.32 Å². The lowest BCUT2D eigenvalue weighted by molar-refractivity contribution is 1.14. The van der Waals surface area contributed by atoms with Gasteiger partial charge in [0, 0.05) is 7.05 Å². The van der Waals surface area contributed by atoms with Crippen LogP contribution in [-0.4, -0.2) is 17.0 Å². The maximum atomic E-state index is 8.35. The first-order valence-electron chi connectivity index (χ1n) is 2.76. The molecule has 0 bridgehead atoms. The molecule has 1 rings (SSSR count). The summed E-state index contributed by atoms with van der Waals surface area (Å²) in [5.74, 6) is 0.527. The molecule has 0 radical (unpaired) electrons. The molecule has 0 saturated carbocycles. The van der Waals surface area contributed by atoms with Gasteiger partial charge in [0.05, 0.1) is 18.0 Å². The molecule has 0 fully saturated rings. The van der Waals surface area contributed by atoms with Crippen molar-refractivity contribution in [3.8, 4) is 6.07 Å². The second-order valence-electron chi connectivity index (χ2n) is 1.66. The quantitative estimate of drug-likeness (QED) is 0.603. The average Bonchev–Trinajstić information content (AvgIpc) is 2.05. The van der Waals surface area contributed by atoms with Crippen molar-refractivity contribution in [2.75, 3.05) is 12.4 Å². The van der Waals surface area contributed by atoms with E-state index in [2.05, 4.69) is 15.3 Å². The van der Waals surface area contributed by atoms with Gasteiger partial charge in [-0.3, -0.25) is 0 Å². The number of hydrogen-bond donors (Lipinski definition) is 1. The fourth-order valence-corrected chi connectivity index (χ4v) is 0.515. The smallest absolute Gasteiger partial charge is 0.222 e. The topological polar surface area (TPSA) is 61.6 Å². The highest BCUT2D eigenvalue weighted by molar-refractivity contribution is 5.28. The van der Waals surface area contributed by atoms with Crippen LogP contribution in [0.2, 0.25) is 0 Å². The molecule has 0 aliphatic carbocycles. The summed E-state index contributed by atoms with van der Waals surface area (Å²) in [6.07, 6.45) is 2.94. The molecule has 1 heterocycles. The zero-order valence-corrected chi connectivity index (χ0v) is 5.50. The fraction of sp³-hybridized carbons (Fsp3) is 0.167. The molecule has 4 nitrogen and oxygen atoms in total. The highest BCUT2D eigenvalue weighted by atomic mass is 15.1. The van der Waals surface area contributed by atoms with Crippen molar-refractivity contribution < 1.29 is 0 Å². The number of nitrogens with one attached hydrogen (secondary N) is 1. The van der Waals surface area contributed by atoms with Crippen LogP contribution in [0.15, 0.2) is 12.4 Å².